The first-order valence-corrected chi connectivity index (χ1v) is 7.17. The zero-order valence-corrected chi connectivity index (χ0v) is 11.0. The molecule has 2 aliphatic rings. The molecule has 0 radical (unpaired) electrons. The lowest BCUT2D eigenvalue weighted by Crippen LogP contribution is -2.40. The zero-order valence-electron chi connectivity index (χ0n) is 11.0. The number of carbonyl (C=O) groups is 1. The quantitative estimate of drug-likeness (QED) is 0.742. The van der Waals surface area contributed by atoms with Crippen molar-refractivity contribution in [1.29, 1.82) is 0 Å². The molecule has 0 aromatic carbocycles. The van der Waals surface area contributed by atoms with Crippen molar-refractivity contribution >= 4 is 6.03 Å². The Kier molecular flexibility index (Phi) is 5.52. The minimum Gasteiger partial charge on any atom is -0.381 e. The van der Waals surface area contributed by atoms with Crippen molar-refractivity contribution in [2.75, 3.05) is 13.2 Å². The smallest absolute Gasteiger partial charge is 0.318 e. The van der Waals surface area contributed by atoms with E-state index in [0.29, 0.717) is 6.04 Å². The third-order valence-electron chi connectivity index (χ3n) is 3.73. The van der Waals surface area contributed by atoms with Gasteiger partial charge < -0.3 is 15.4 Å². The first kappa shape index (κ1) is 13.4. The maximum absolute atomic E-state index is 11.8. The van der Waals surface area contributed by atoms with Crippen molar-refractivity contribution in [2.45, 2.75) is 57.4 Å². The predicted molar refractivity (Wildman–Crippen MR) is 71.3 cm³/mol. The Hall–Kier alpha value is -1.03. The summed E-state index contributed by atoms with van der Waals surface area (Å²) >= 11 is 0. The Labute approximate surface area is 109 Å². The molecule has 2 fully saturated rings. The van der Waals surface area contributed by atoms with Crippen LogP contribution in [0.3, 0.4) is 0 Å². The van der Waals surface area contributed by atoms with E-state index in [0.717, 1.165) is 38.9 Å². The topological polar surface area (TPSA) is 50.4 Å². The fourth-order valence-corrected chi connectivity index (χ4v) is 2.60. The van der Waals surface area contributed by atoms with Gasteiger partial charge in [-0.3, -0.25) is 0 Å². The van der Waals surface area contributed by atoms with E-state index in [-0.39, 0.29) is 6.03 Å². The number of hydrogen-bond acceptors (Lipinski definition) is 2. The van der Waals surface area contributed by atoms with Crippen LogP contribution in [0.15, 0.2) is 11.8 Å². The molecule has 0 bridgehead atoms. The fourth-order valence-electron chi connectivity index (χ4n) is 2.60. The van der Waals surface area contributed by atoms with Gasteiger partial charge in [-0.25, -0.2) is 4.79 Å². The van der Waals surface area contributed by atoms with E-state index >= 15 is 0 Å². The lowest BCUT2D eigenvalue weighted by molar-refractivity contribution is 0.119. The maximum Gasteiger partial charge on any atom is 0.318 e. The summed E-state index contributed by atoms with van der Waals surface area (Å²) in [5, 5.41) is 5.92. The molecule has 2 N–H and O–H groups in total. The Morgan fingerprint density at radius 2 is 1.78 bits per heavy atom. The van der Waals surface area contributed by atoms with Crippen molar-refractivity contribution < 1.29 is 9.53 Å². The molecule has 1 aliphatic carbocycles. The normalized spacial score (nSPS) is 22.1. The molecule has 0 aromatic heterocycles. The van der Waals surface area contributed by atoms with Crippen LogP contribution in [0.25, 0.3) is 0 Å². The molecule has 0 unspecified atom stereocenters. The van der Waals surface area contributed by atoms with Crippen molar-refractivity contribution in [3.63, 3.8) is 0 Å². The number of rotatable bonds is 2. The third-order valence-corrected chi connectivity index (χ3v) is 3.73. The van der Waals surface area contributed by atoms with Gasteiger partial charge in [-0.2, -0.15) is 0 Å². The lowest BCUT2D eigenvalue weighted by atomic mass is 10.1. The first-order chi connectivity index (χ1) is 8.84. The molecule has 0 spiro atoms. The number of carbonyl (C=O) groups excluding carboxylic acids is 1. The number of ether oxygens (including phenoxy) is 1. The minimum absolute atomic E-state index is 0.0547. The molecule has 102 valence electrons. The van der Waals surface area contributed by atoms with Gasteiger partial charge in [-0.1, -0.05) is 25.7 Å². The van der Waals surface area contributed by atoms with E-state index in [1.165, 1.54) is 31.3 Å². The average Bonchev–Trinajstić information content (AvgIpc) is 2.66. The molecular formula is C14H24N2O2. The van der Waals surface area contributed by atoms with E-state index in [1.54, 1.807) is 0 Å². The van der Waals surface area contributed by atoms with Crippen LogP contribution >= 0.6 is 0 Å². The van der Waals surface area contributed by atoms with Gasteiger partial charge in [0.05, 0.1) is 13.2 Å². The molecule has 1 saturated carbocycles. The van der Waals surface area contributed by atoms with Gasteiger partial charge in [-0.05, 0) is 31.3 Å². The highest BCUT2D eigenvalue weighted by Gasteiger charge is 2.14. The van der Waals surface area contributed by atoms with E-state index in [2.05, 4.69) is 10.6 Å². The molecule has 18 heavy (non-hydrogen) atoms. The fraction of sp³-hybridized carbons (Fsp3) is 0.786. The number of hydrogen-bond donors (Lipinski definition) is 2. The average molecular weight is 252 g/mol. The third kappa shape index (κ3) is 4.69. The Morgan fingerprint density at radius 1 is 1.11 bits per heavy atom. The second kappa shape index (κ2) is 7.41. The maximum atomic E-state index is 11.8. The Balaban J connectivity index is 1.70. The highest BCUT2D eigenvalue weighted by molar-refractivity contribution is 5.75. The summed E-state index contributed by atoms with van der Waals surface area (Å²) in [7, 11) is 0. The number of urea groups is 1. The van der Waals surface area contributed by atoms with Crippen LogP contribution in [0.2, 0.25) is 0 Å². The van der Waals surface area contributed by atoms with E-state index in [4.69, 9.17) is 4.74 Å². The van der Waals surface area contributed by atoms with Gasteiger partial charge in [0.25, 0.3) is 0 Å². The van der Waals surface area contributed by atoms with E-state index < -0.39 is 0 Å². The predicted octanol–water partition coefficient (Wildman–Crippen LogP) is 2.70. The monoisotopic (exact) mass is 252 g/mol. The van der Waals surface area contributed by atoms with Gasteiger partial charge >= 0.3 is 6.03 Å². The second-order valence-corrected chi connectivity index (χ2v) is 5.22. The van der Waals surface area contributed by atoms with Gasteiger partial charge in [0.1, 0.15) is 0 Å². The molecule has 0 atom stereocenters. The summed E-state index contributed by atoms with van der Waals surface area (Å²) in [4.78, 5) is 11.8. The number of nitrogens with one attached hydrogen (secondary N) is 2. The first-order valence-electron chi connectivity index (χ1n) is 7.17. The molecular weight excluding hydrogens is 228 g/mol. The molecule has 2 amide bonds. The SMILES string of the molecule is O=C(NC=C1CCOCC1)NC1CCCCCC1. The highest BCUT2D eigenvalue weighted by Crippen LogP contribution is 2.17. The van der Waals surface area contributed by atoms with Crippen LogP contribution in [0, 0.1) is 0 Å². The summed E-state index contributed by atoms with van der Waals surface area (Å²) < 4.78 is 5.27. The van der Waals surface area contributed by atoms with E-state index in [9.17, 15) is 4.79 Å². The minimum atomic E-state index is -0.0547. The number of amides is 2. The van der Waals surface area contributed by atoms with Crippen LogP contribution in [-0.4, -0.2) is 25.3 Å². The van der Waals surface area contributed by atoms with Crippen molar-refractivity contribution in [3.8, 4) is 0 Å². The van der Waals surface area contributed by atoms with Crippen LogP contribution in [0.5, 0.6) is 0 Å². The highest BCUT2D eigenvalue weighted by atomic mass is 16.5. The molecule has 2 rings (SSSR count). The Bertz CT molecular complexity index is 286. The van der Waals surface area contributed by atoms with Crippen LogP contribution in [0.4, 0.5) is 4.79 Å². The summed E-state index contributed by atoms with van der Waals surface area (Å²) in [5.74, 6) is 0. The van der Waals surface area contributed by atoms with Gasteiger partial charge in [-0.15, -0.1) is 0 Å². The molecule has 1 heterocycles. The van der Waals surface area contributed by atoms with Crippen LogP contribution < -0.4 is 10.6 Å². The molecule has 1 saturated heterocycles. The molecule has 4 nitrogen and oxygen atoms in total. The van der Waals surface area contributed by atoms with Crippen molar-refractivity contribution in [2.24, 2.45) is 0 Å². The molecule has 1 aliphatic heterocycles. The summed E-state index contributed by atoms with van der Waals surface area (Å²) in [6.07, 6.45) is 11.1. The largest absolute Gasteiger partial charge is 0.381 e. The van der Waals surface area contributed by atoms with Crippen LogP contribution in [-0.2, 0) is 4.74 Å². The second-order valence-electron chi connectivity index (χ2n) is 5.22. The summed E-state index contributed by atoms with van der Waals surface area (Å²) in [5.41, 5.74) is 1.28. The molecule has 4 heteroatoms. The standard InChI is InChI=1S/C14H24N2O2/c17-14(15-11-12-7-9-18-10-8-12)16-13-5-3-1-2-4-6-13/h11,13H,1-10H2,(H2,15,16,17). The molecule has 0 aromatic rings. The van der Waals surface area contributed by atoms with Crippen molar-refractivity contribution in [1.82, 2.24) is 10.6 Å². The lowest BCUT2D eigenvalue weighted by Gasteiger charge is -2.17. The van der Waals surface area contributed by atoms with Gasteiger partial charge in [0.2, 0.25) is 0 Å². The summed E-state index contributed by atoms with van der Waals surface area (Å²) in [6.45, 7) is 1.55. The Morgan fingerprint density at radius 3 is 2.44 bits per heavy atom. The summed E-state index contributed by atoms with van der Waals surface area (Å²) in [6, 6.07) is 0.307. The van der Waals surface area contributed by atoms with Gasteiger partial charge in [0, 0.05) is 12.2 Å². The van der Waals surface area contributed by atoms with Crippen molar-refractivity contribution in [3.05, 3.63) is 11.8 Å². The van der Waals surface area contributed by atoms with E-state index in [1.807, 2.05) is 6.20 Å². The van der Waals surface area contributed by atoms with Crippen LogP contribution in [0.1, 0.15) is 51.4 Å². The van der Waals surface area contributed by atoms with Gasteiger partial charge in [0.15, 0.2) is 0 Å². The zero-order chi connectivity index (χ0) is 12.6.